The number of halogens is 2. The average Bonchev–Trinajstić information content (AvgIpc) is 3.41. The Hall–Kier alpha value is -3.16. The number of ketones is 1. The summed E-state index contributed by atoms with van der Waals surface area (Å²) >= 11 is 7.67. The summed E-state index contributed by atoms with van der Waals surface area (Å²) in [4.78, 5) is 28.2. The highest BCUT2D eigenvalue weighted by molar-refractivity contribution is 7.10. The molecule has 5 nitrogen and oxygen atoms in total. The van der Waals surface area contributed by atoms with Crippen LogP contribution in [0.25, 0.3) is 5.76 Å². The summed E-state index contributed by atoms with van der Waals surface area (Å²) in [6, 6.07) is 13.6. The van der Waals surface area contributed by atoms with E-state index in [-0.39, 0.29) is 34.3 Å². The Morgan fingerprint density at radius 1 is 1.19 bits per heavy atom. The van der Waals surface area contributed by atoms with Gasteiger partial charge in [0.15, 0.2) is 0 Å². The number of hydrogen-bond acceptors (Lipinski definition) is 5. The van der Waals surface area contributed by atoms with Crippen molar-refractivity contribution in [2.75, 3.05) is 13.7 Å². The summed E-state index contributed by atoms with van der Waals surface area (Å²) in [6.07, 6.45) is 0.426. The van der Waals surface area contributed by atoms with Gasteiger partial charge in [-0.2, -0.15) is 0 Å². The van der Waals surface area contributed by atoms with Gasteiger partial charge in [-0.05, 0) is 53.8 Å². The van der Waals surface area contributed by atoms with Crippen LogP contribution in [0.2, 0.25) is 5.02 Å². The van der Waals surface area contributed by atoms with Gasteiger partial charge in [0.2, 0.25) is 0 Å². The zero-order valence-corrected chi connectivity index (χ0v) is 18.6. The van der Waals surface area contributed by atoms with Crippen LogP contribution in [0.15, 0.2) is 65.6 Å². The predicted molar refractivity (Wildman–Crippen MR) is 121 cm³/mol. The number of Topliss-reactive ketones (excluding diaryl/α,β-unsaturated/α-hetero) is 1. The molecule has 8 heteroatoms. The first kappa shape index (κ1) is 22.0. The molecule has 32 heavy (non-hydrogen) atoms. The number of benzene rings is 2. The number of carbonyl (C=O) groups excluding carboxylic acids is 2. The Bertz CT molecular complexity index is 1190. The van der Waals surface area contributed by atoms with E-state index in [1.807, 2.05) is 17.5 Å². The van der Waals surface area contributed by atoms with Crippen LogP contribution in [-0.4, -0.2) is 35.4 Å². The maximum absolute atomic E-state index is 13.2. The number of carbonyl (C=O) groups is 2. The molecule has 1 unspecified atom stereocenters. The smallest absolute Gasteiger partial charge is 0.295 e. The van der Waals surface area contributed by atoms with Crippen LogP contribution in [0.3, 0.4) is 0 Å². The molecule has 1 saturated heterocycles. The first-order valence-corrected chi connectivity index (χ1v) is 11.1. The van der Waals surface area contributed by atoms with Crippen molar-refractivity contribution in [1.82, 2.24) is 4.90 Å². The summed E-state index contributed by atoms with van der Waals surface area (Å²) < 4.78 is 18.4. The monoisotopic (exact) mass is 471 g/mol. The van der Waals surface area contributed by atoms with Crippen LogP contribution in [0.1, 0.15) is 22.0 Å². The third kappa shape index (κ3) is 4.13. The standard InChI is InChI=1S/C24H19ClFNO4S/c1-31-16-8-9-18(25)17(13-16)22(28)20-21(19-3-2-12-32-19)27(24(30)23(20)29)11-10-14-4-6-15(26)7-5-14/h2-9,12-13,21,28H,10-11H2,1H3/b22-20-. The lowest BCUT2D eigenvalue weighted by Gasteiger charge is -2.24. The number of likely N-dealkylation sites (tertiary alicyclic amines) is 1. The Labute approximate surface area is 193 Å². The fourth-order valence-corrected chi connectivity index (χ4v) is 4.76. The lowest BCUT2D eigenvalue weighted by molar-refractivity contribution is -0.139. The molecule has 1 atom stereocenters. The van der Waals surface area contributed by atoms with E-state index < -0.39 is 17.7 Å². The molecule has 2 aromatic carbocycles. The van der Waals surface area contributed by atoms with Gasteiger partial charge in [0.25, 0.3) is 11.7 Å². The SMILES string of the molecule is COc1ccc(Cl)c(/C(O)=C2/C(=O)C(=O)N(CCc3ccc(F)cc3)C2c2cccs2)c1. The van der Waals surface area contributed by atoms with Crippen molar-refractivity contribution in [2.24, 2.45) is 0 Å². The summed E-state index contributed by atoms with van der Waals surface area (Å²) in [5.41, 5.74) is 1.02. The Morgan fingerprint density at radius 3 is 2.59 bits per heavy atom. The van der Waals surface area contributed by atoms with Crippen LogP contribution < -0.4 is 4.74 Å². The van der Waals surface area contributed by atoms with Crippen LogP contribution in [0, 0.1) is 5.82 Å². The molecular formula is C24H19ClFNO4S. The number of thiophene rings is 1. The molecule has 0 saturated carbocycles. The van der Waals surface area contributed by atoms with Gasteiger partial charge in [0.1, 0.15) is 17.3 Å². The fraction of sp³-hybridized carbons (Fsp3) is 0.167. The van der Waals surface area contributed by atoms with E-state index in [0.29, 0.717) is 12.2 Å². The minimum Gasteiger partial charge on any atom is -0.507 e. The number of nitrogens with zero attached hydrogens (tertiary/aromatic N) is 1. The molecule has 0 bridgehead atoms. The first-order valence-electron chi connectivity index (χ1n) is 9.81. The highest BCUT2D eigenvalue weighted by atomic mass is 35.5. The summed E-state index contributed by atoms with van der Waals surface area (Å²) in [7, 11) is 1.48. The van der Waals surface area contributed by atoms with Crippen molar-refractivity contribution < 1.29 is 23.8 Å². The molecule has 1 aromatic heterocycles. The highest BCUT2D eigenvalue weighted by Gasteiger charge is 2.46. The maximum atomic E-state index is 13.2. The molecule has 164 valence electrons. The quantitative estimate of drug-likeness (QED) is 0.304. The Kier molecular flexibility index (Phi) is 6.30. The molecule has 1 amide bonds. The van der Waals surface area contributed by atoms with E-state index in [9.17, 15) is 19.1 Å². The molecule has 1 fully saturated rings. The molecule has 1 aliphatic rings. The van der Waals surface area contributed by atoms with Crippen molar-refractivity contribution in [2.45, 2.75) is 12.5 Å². The highest BCUT2D eigenvalue weighted by Crippen LogP contribution is 2.42. The van der Waals surface area contributed by atoms with Crippen LogP contribution >= 0.6 is 22.9 Å². The molecule has 1 N–H and O–H groups in total. The van der Waals surface area contributed by atoms with Gasteiger partial charge in [-0.1, -0.05) is 29.8 Å². The van der Waals surface area contributed by atoms with Gasteiger partial charge in [0.05, 0.1) is 23.7 Å². The van der Waals surface area contributed by atoms with Crippen molar-refractivity contribution in [3.05, 3.63) is 92.4 Å². The van der Waals surface area contributed by atoms with E-state index in [4.69, 9.17) is 16.3 Å². The lowest BCUT2D eigenvalue weighted by Crippen LogP contribution is -2.31. The van der Waals surface area contributed by atoms with Crippen LogP contribution in [0.5, 0.6) is 5.75 Å². The average molecular weight is 472 g/mol. The molecule has 3 aromatic rings. The van der Waals surface area contributed by atoms with E-state index >= 15 is 0 Å². The normalized spacial score (nSPS) is 17.7. The number of hydrogen-bond donors (Lipinski definition) is 1. The van der Waals surface area contributed by atoms with Gasteiger partial charge >= 0.3 is 0 Å². The number of rotatable bonds is 6. The van der Waals surface area contributed by atoms with Crippen molar-refractivity contribution in [3.8, 4) is 5.75 Å². The second-order valence-corrected chi connectivity index (χ2v) is 8.62. The minimum atomic E-state index is -0.779. The fourth-order valence-electron chi connectivity index (χ4n) is 3.71. The van der Waals surface area contributed by atoms with Gasteiger partial charge in [-0.25, -0.2) is 4.39 Å². The summed E-state index contributed by atoms with van der Waals surface area (Å²) in [5, 5.41) is 13.2. The number of amides is 1. The molecule has 1 aliphatic heterocycles. The molecule has 2 heterocycles. The molecule has 0 aliphatic carbocycles. The maximum Gasteiger partial charge on any atom is 0.295 e. The van der Waals surface area contributed by atoms with Crippen molar-refractivity contribution in [3.63, 3.8) is 0 Å². The minimum absolute atomic E-state index is 0.0216. The van der Waals surface area contributed by atoms with Crippen molar-refractivity contribution in [1.29, 1.82) is 0 Å². The van der Waals surface area contributed by atoms with Gasteiger partial charge in [-0.15, -0.1) is 11.3 Å². The number of methoxy groups -OCH3 is 1. The summed E-state index contributed by atoms with van der Waals surface area (Å²) in [6.45, 7) is 0.224. The second kappa shape index (κ2) is 9.14. The van der Waals surface area contributed by atoms with E-state index in [2.05, 4.69) is 0 Å². The zero-order chi connectivity index (χ0) is 22.8. The molecule has 0 spiro atoms. The number of aliphatic hydroxyl groups excluding tert-OH is 1. The third-order valence-corrected chi connectivity index (χ3v) is 6.59. The molecular weight excluding hydrogens is 453 g/mol. The number of ether oxygens (including phenoxy) is 1. The first-order chi connectivity index (χ1) is 15.4. The second-order valence-electron chi connectivity index (χ2n) is 7.23. The van der Waals surface area contributed by atoms with Crippen molar-refractivity contribution >= 4 is 40.4 Å². The van der Waals surface area contributed by atoms with E-state index in [1.165, 1.54) is 41.5 Å². The van der Waals surface area contributed by atoms with E-state index in [1.54, 1.807) is 24.3 Å². The number of aliphatic hydroxyl groups is 1. The Balaban J connectivity index is 1.76. The van der Waals surface area contributed by atoms with E-state index in [0.717, 1.165) is 10.4 Å². The van der Waals surface area contributed by atoms with Gasteiger partial charge in [-0.3, -0.25) is 9.59 Å². The van der Waals surface area contributed by atoms with Gasteiger partial charge in [0, 0.05) is 17.0 Å². The van der Waals surface area contributed by atoms with Crippen LogP contribution in [0.4, 0.5) is 4.39 Å². The van der Waals surface area contributed by atoms with Crippen LogP contribution in [-0.2, 0) is 16.0 Å². The van der Waals surface area contributed by atoms with Gasteiger partial charge < -0.3 is 14.7 Å². The zero-order valence-electron chi connectivity index (χ0n) is 17.0. The largest absolute Gasteiger partial charge is 0.507 e. The Morgan fingerprint density at radius 2 is 1.94 bits per heavy atom. The third-order valence-electron chi connectivity index (χ3n) is 5.34. The summed E-state index contributed by atoms with van der Waals surface area (Å²) in [5.74, 6) is -1.72. The lowest BCUT2D eigenvalue weighted by atomic mass is 9.99. The molecule has 0 radical (unpaired) electrons. The topological polar surface area (TPSA) is 66.8 Å². The predicted octanol–water partition coefficient (Wildman–Crippen LogP) is 5.21. The molecule has 4 rings (SSSR count).